The largest absolute Gasteiger partial charge is 0.322 e. The number of nitro benzene ring substituents is 1. The molecule has 162 valence electrons. The summed E-state index contributed by atoms with van der Waals surface area (Å²) < 4.78 is 27.9. The van der Waals surface area contributed by atoms with Gasteiger partial charge in [-0.15, -0.1) is 0 Å². The lowest BCUT2D eigenvalue weighted by atomic mass is 10.1. The third-order valence-corrected chi connectivity index (χ3v) is 5.97. The highest BCUT2D eigenvalue weighted by atomic mass is 32.2. The Morgan fingerprint density at radius 1 is 1.10 bits per heavy atom. The maximum Gasteiger partial charge on any atom is 0.276 e. The molecule has 2 N–H and O–H groups in total. The lowest BCUT2D eigenvalue weighted by Crippen LogP contribution is -2.30. The van der Waals surface area contributed by atoms with Crippen LogP contribution in [-0.2, 0) is 14.8 Å². The Morgan fingerprint density at radius 2 is 1.90 bits per heavy atom. The fourth-order valence-electron chi connectivity index (χ4n) is 3.06. The van der Waals surface area contributed by atoms with E-state index >= 15 is 0 Å². The number of benzene rings is 2. The van der Waals surface area contributed by atoms with Crippen LogP contribution in [0, 0.1) is 10.1 Å². The molecule has 0 radical (unpaired) electrons. The molecule has 10 heteroatoms. The van der Waals surface area contributed by atoms with Gasteiger partial charge in [-0.05, 0) is 43.2 Å². The van der Waals surface area contributed by atoms with Crippen molar-refractivity contribution in [1.29, 1.82) is 0 Å². The summed E-state index contributed by atoms with van der Waals surface area (Å²) in [6.45, 7) is 0.597. The van der Waals surface area contributed by atoms with Crippen LogP contribution in [0.3, 0.4) is 0 Å². The predicted molar refractivity (Wildman–Crippen MR) is 118 cm³/mol. The maximum absolute atomic E-state index is 12.7. The summed E-state index contributed by atoms with van der Waals surface area (Å²) in [4.78, 5) is 27.0. The monoisotopic (exact) mass is 442 g/mol. The lowest BCUT2D eigenvalue weighted by molar-refractivity contribution is -0.385. The number of amides is 1. The van der Waals surface area contributed by atoms with Crippen molar-refractivity contribution in [1.82, 2.24) is 4.72 Å². The van der Waals surface area contributed by atoms with Crippen molar-refractivity contribution in [3.63, 3.8) is 0 Å². The number of hydrogen-bond donors (Lipinski definition) is 2. The minimum absolute atomic E-state index is 0.0000706. The Balaban J connectivity index is 1.71. The molecule has 0 atom stereocenters. The molecule has 0 unspecified atom stereocenters. The second kappa shape index (κ2) is 9.98. The first-order valence-electron chi connectivity index (χ1n) is 9.74. The molecule has 31 heavy (non-hydrogen) atoms. The van der Waals surface area contributed by atoms with Crippen LogP contribution < -0.4 is 10.0 Å². The van der Waals surface area contributed by atoms with Gasteiger partial charge in [0.15, 0.2) is 0 Å². The van der Waals surface area contributed by atoms with Crippen molar-refractivity contribution >= 4 is 39.2 Å². The highest BCUT2D eigenvalue weighted by molar-refractivity contribution is 7.90. The van der Waals surface area contributed by atoms with Gasteiger partial charge in [0.25, 0.3) is 15.7 Å². The number of nitro groups is 1. The van der Waals surface area contributed by atoms with Gasteiger partial charge in [-0.1, -0.05) is 24.6 Å². The summed E-state index contributed by atoms with van der Waals surface area (Å²) in [6.07, 6.45) is 5.89. The molecule has 0 fully saturated rings. The third-order valence-electron chi connectivity index (χ3n) is 4.59. The first-order chi connectivity index (χ1) is 14.8. The summed E-state index contributed by atoms with van der Waals surface area (Å²) in [5, 5.41) is 13.6. The normalized spacial score (nSPS) is 14.5. The molecule has 1 aliphatic rings. The maximum atomic E-state index is 12.7. The molecule has 9 nitrogen and oxygen atoms in total. The number of carbonyl (C=O) groups is 1. The molecular weight excluding hydrogens is 420 g/mol. The zero-order chi connectivity index (χ0) is 22.3. The van der Waals surface area contributed by atoms with Crippen LogP contribution in [0.15, 0.2) is 64.5 Å². The number of aliphatic imine (C=N–C) groups is 1. The van der Waals surface area contributed by atoms with Gasteiger partial charge in [-0.25, -0.2) is 8.42 Å². The number of nitrogens with zero attached hydrogens (tertiary/aromatic N) is 2. The molecule has 0 saturated carbocycles. The number of sulfonamides is 1. The molecule has 0 bridgehead atoms. The third kappa shape index (κ3) is 6.22. The summed E-state index contributed by atoms with van der Waals surface area (Å²) in [5.41, 5.74) is 0.447. The Hall–Kier alpha value is -3.53. The summed E-state index contributed by atoms with van der Waals surface area (Å²) in [5.74, 6) is -0.104. The van der Waals surface area contributed by atoms with Gasteiger partial charge in [-0.2, -0.15) is 0 Å². The molecular formula is C21H22N4O5S. The van der Waals surface area contributed by atoms with Gasteiger partial charge in [0.05, 0.1) is 15.4 Å². The number of hydrogen-bond acceptors (Lipinski definition) is 6. The van der Waals surface area contributed by atoms with E-state index < -0.39 is 20.9 Å². The molecule has 0 saturated heterocycles. The fourth-order valence-corrected chi connectivity index (χ4v) is 4.19. The topological polar surface area (TPSA) is 131 Å². The van der Waals surface area contributed by atoms with Crippen LogP contribution in [0.5, 0.6) is 0 Å². The van der Waals surface area contributed by atoms with Crippen molar-refractivity contribution in [3.8, 4) is 0 Å². The van der Waals surface area contributed by atoms with Gasteiger partial charge in [0, 0.05) is 30.8 Å². The first-order valence-corrected chi connectivity index (χ1v) is 11.2. The van der Waals surface area contributed by atoms with Crippen molar-refractivity contribution < 1.29 is 18.1 Å². The van der Waals surface area contributed by atoms with E-state index in [1.807, 2.05) is 0 Å². The minimum atomic E-state index is -3.83. The van der Waals surface area contributed by atoms with Crippen molar-refractivity contribution in [2.24, 2.45) is 4.99 Å². The second-order valence-electron chi connectivity index (χ2n) is 6.91. The van der Waals surface area contributed by atoms with E-state index in [-0.39, 0.29) is 21.8 Å². The summed E-state index contributed by atoms with van der Waals surface area (Å²) >= 11 is 0. The predicted octanol–water partition coefficient (Wildman–Crippen LogP) is 3.50. The van der Waals surface area contributed by atoms with Crippen LogP contribution in [-0.4, -0.2) is 31.6 Å². The number of para-hydroxylation sites is 1. The van der Waals surface area contributed by atoms with Gasteiger partial charge in [-0.3, -0.25) is 24.6 Å². The molecule has 2 aromatic rings. The van der Waals surface area contributed by atoms with Crippen LogP contribution in [0.4, 0.5) is 11.4 Å². The second-order valence-corrected chi connectivity index (χ2v) is 8.59. The average molecular weight is 442 g/mol. The number of anilines is 1. The van der Waals surface area contributed by atoms with Crippen molar-refractivity contribution in [2.45, 2.75) is 30.6 Å². The van der Waals surface area contributed by atoms with Gasteiger partial charge >= 0.3 is 0 Å². The van der Waals surface area contributed by atoms with Gasteiger partial charge in [0.1, 0.15) is 5.84 Å². The molecule has 1 aliphatic heterocycles. The van der Waals surface area contributed by atoms with E-state index in [4.69, 9.17) is 0 Å². The summed E-state index contributed by atoms with van der Waals surface area (Å²) in [6, 6.07) is 11.9. The van der Waals surface area contributed by atoms with E-state index in [0.29, 0.717) is 18.8 Å². The highest BCUT2D eigenvalue weighted by Crippen LogP contribution is 2.20. The number of nitrogens with one attached hydrogen (secondary N) is 2. The molecule has 0 aromatic heterocycles. The highest BCUT2D eigenvalue weighted by Gasteiger charge is 2.18. The molecule has 2 aromatic carbocycles. The number of amidine groups is 1. The number of rotatable bonds is 6. The van der Waals surface area contributed by atoms with Crippen LogP contribution in [0.2, 0.25) is 0 Å². The lowest BCUT2D eigenvalue weighted by Gasteiger charge is -2.11. The Bertz CT molecular complexity index is 1140. The van der Waals surface area contributed by atoms with E-state index in [0.717, 1.165) is 25.3 Å². The van der Waals surface area contributed by atoms with Gasteiger partial charge < -0.3 is 5.32 Å². The fraction of sp³-hybridized carbons (Fsp3) is 0.238. The van der Waals surface area contributed by atoms with E-state index in [1.54, 1.807) is 12.1 Å². The van der Waals surface area contributed by atoms with Crippen molar-refractivity contribution in [2.75, 3.05) is 11.9 Å². The Kier molecular flexibility index (Phi) is 7.14. The van der Waals surface area contributed by atoms with E-state index in [2.05, 4.69) is 15.0 Å². The number of carbonyl (C=O) groups excluding carboxylic acids is 1. The zero-order valence-corrected chi connectivity index (χ0v) is 17.5. The Morgan fingerprint density at radius 3 is 2.71 bits per heavy atom. The zero-order valence-electron chi connectivity index (χ0n) is 16.7. The van der Waals surface area contributed by atoms with E-state index in [9.17, 15) is 23.3 Å². The van der Waals surface area contributed by atoms with E-state index in [1.165, 1.54) is 42.5 Å². The molecule has 1 amide bonds. The molecule has 0 aliphatic carbocycles. The van der Waals surface area contributed by atoms with Gasteiger partial charge in [0.2, 0.25) is 5.91 Å². The molecule has 3 rings (SSSR count). The summed E-state index contributed by atoms with van der Waals surface area (Å²) in [7, 11) is -3.83. The molecule has 1 heterocycles. The molecule has 0 spiro atoms. The smallest absolute Gasteiger partial charge is 0.276 e. The average Bonchev–Trinajstić information content (AvgIpc) is 3.01. The first kappa shape index (κ1) is 22.2. The quantitative estimate of drug-likeness (QED) is 0.402. The van der Waals surface area contributed by atoms with Crippen LogP contribution in [0.25, 0.3) is 6.08 Å². The van der Waals surface area contributed by atoms with Crippen molar-refractivity contribution in [3.05, 3.63) is 70.3 Å². The van der Waals surface area contributed by atoms with Crippen LogP contribution >= 0.6 is 0 Å². The SMILES string of the molecule is O=C(C=Cc1ccccc1[N+](=O)[O-])Nc1cccc(S(=O)(=O)NC2=NCCCCC2)c1. The standard InChI is InChI=1S/C21H22N4O5S/c26-21(13-12-16-7-3-4-10-19(16)25(27)28)23-17-8-6-9-18(15-17)31(29,30)24-20-11-2-1-5-14-22-20/h3-4,6-10,12-13,15H,1-2,5,11,14H2,(H,22,24)(H,23,26). The van der Waals surface area contributed by atoms with Crippen LogP contribution in [0.1, 0.15) is 31.2 Å². The Labute approximate surface area is 180 Å². The minimum Gasteiger partial charge on any atom is -0.322 e.